The molecule has 5 nitrogen and oxygen atoms in total. The van der Waals surface area contributed by atoms with E-state index in [4.69, 9.17) is 4.74 Å². The van der Waals surface area contributed by atoms with Crippen LogP contribution in [0.4, 0.5) is 5.13 Å². The average molecular weight is 304 g/mol. The molecule has 0 aliphatic heterocycles. The Labute approximate surface area is 126 Å². The summed E-state index contributed by atoms with van der Waals surface area (Å²) < 4.78 is 5.92. The summed E-state index contributed by atoms with van der Waals surface area (Å²) in [5.41, 5.74) is 3.66. The average Bonchev–Trinajstić information content (AvgIpc) is 2.99. The molecule has 1 heterocycles. The monoisotopic (exact) mass is 304 g/mol. The molecule has 3 rings (SSSR count). The number of amides is 1. The van der Waals surface area contributed by atoms with Gasteiger partial charge in [0.1, 0.15) is 0 Å². The number of aromatic nitrogens is 1. The molecule has 1 atom stereocenters. The second kappa shape index (κ2) is 5.44. The number of nitrogens with one attached hydrogen (secondary N) is 1. The molecule has 0 bridgehead atoms. The predicted molar refractivity (Wildman–Crippen MR) is 81.5 cm³/mol. The molecule has 0 fully saturated rings. The third-order valence-corrected chi connectivity index (χ3v) is 4.48. The fourth-order valence-electron chi connectivity index (χ4n) is 2.56. The van der Waals surface area contributed by atoms with Crippen LogP contribution in [0.5, 0.6) is 0 Å². The second-order valence-corrected chi connectivity index (χ2v) is 6.23. The molecule has 0 unspecified atom stereocenters. The molecule has 0 spiro atoms. The van der Waals surface area contributed by atoms with Crippen LogP contribution in [0.15, 0.2) is 12.1 Å². The highest BCUT2D eigenvalue weighted by Gasteiger charge is 2.19. The summed E-state index contributed by atoms with van der Waals surface area (Å²) in [5, 5.41) is 3.24. The van der Waals surface area contributed by atoms with Crippen molar-refractivity contribution < 1.29 is 14.3 Å². The number of thiazole rings is 1. The number of ether oxygens (including phenoxy) is 1. The van der Waals surface area contributed by atoms with Gasteiger partial charge in [0, 0.05) is 6.92 Å². The van der Waals surface area contributed by atoms with Gasteiger partial charge in [0.05, 0.1) is 10.2 Å². The first-order chi connectivity index (χ1) is 10.0. The van der Waals surface area contributed by atoms with Crippen molar-refractivity contribution in [3.05, 3.63) is 23.3 Å². The normalized spacial score (nSPS) is 14.8. The van der Waals surface area contributed by atoms with E-state index in [1.165, 1.54) is 35.8 Å². The lowest BCUT2D eigenvalue weighted by molar-refractivity contribution is -0.150. The number of hydrogen-bond acceptors (Lipinski definition) is 5. The Morgan fingerprint density at radius 3 is 2.76 bits per heavy atom. The summed E-state index contributed by atoms with van der Waals surface area (Å²) in [6.45, 7) is 2.82. The zero-order chi connectivity index (χ0) is 15.0. The zero-order valence-corrected chi connectivity index (χ0v) is 12.8. The maximum atomic E-state index is 11.9. The summed E-state index contributed by atoms with van der Waals surface area (Å²) in [5.74, 6) is -0.838. The van der Waals surface area contributed by atoms with E-state index in [9.17, 15) is 9.59 Å². The Bertz CT molecular complexity index is 682. The molecule has 6 heteroatoms. The predicted octanol–water partition coefficient (Wildman–Crippen LogP) is 2.68. The van der Waals surface area contributed by atoms with E-state index in [0.29, 0.717) is 5.13 Å². The van der Waals surface area contributed by atoms with Crippen LogP contribution < -0.4 is 5.32 Å². The molecule has 1 N–H and O–H groups in total. The lowest BCUT2D eigenvalue weighted by Gasteiger charge is -2.10. The van der Waals surface area contributed by atoms with Gasteiger partial charge < -0.3 is 4.74 Å². The molecular weight excluding hydrogens is 288 g/mol. The zero-order valence-electron chi connectivity index (χ0n) is 11.9. The third kappa shape index (κ3) is 2.90. The summed E-state index contributed by atoms with van der Waals surface area (Å²) >= 11 is 1.44. The van der Waals surface area contributed by atoms with Crippen molar-refractivity contribution in [2.45, 2.75) is 39.2 Å². The lowest BCUT2D eigenvalue weighted by Crippen LogP contribution is -2.29. The maximum Gasteiger partial charge on any atom is 0.303 e. The number of anilines is 1. The largest absolute Gasteiger partial charge is 0.453 e. The standard InChI is InChI=1S/C15H16N2O3S/c1-8(20-9(2)18)14(19)17-15-16-12-6-10-4-3-5-11(10)7-13(12)21-15/h6-8H,3-5H2,1-2H3,(H,16,17,19)/t8-/m1/s1. The molecule has 21 heavy (non-hydrogen) atoms. The highest BCUT2D eigenvalue weighted by molar-refractivity contribution is 7.22. The van der Waals surface area contributed by atoms with E-state index in [1.54, 1.807) is 6.92 Å². The molecular formula is C15H16N2O3S. The quantitative estimate of drug-likeness (QED) is 0.885. The van der Waals surface area contributed by atoms with Crippen LogP contribution in [0.25, 0.3) is 10.2 Å². The molecule has 110 valence electrons. The summed E-state index contributed by atoms with van der Waals surface area (Å²) in [6.07, 6.45) is 2.61. The first kappa shape index (κ1) is 14.0. The minimum absolute atomic E-state index is 0.364. The van der Waals surface area contributed by atoms with Gasteiger partial charge in [-0.15, -0.1) is 0 Å². The summed E-state index contributed by atoms with van der Waals surface area (Å²) in [4.78, 5) is 27.2. The summed E-state index contributed by atoms with van der Waals surface area (Å²) in [7, 11) is 0. The Morgan fingerprint density at radius 2 is 2.05 bits per heavy atom. The minimum atomic E-state index is -0.820. The van der Waals surface area contributed by atoms with Crippen LogP contribution >= 0.6 is 11.3 Å². The number of nitrogens with zero attached hydrogens (tertiary/aromatic N) is 1. The molecule has 0 radical (unpaired) electrons. The fraction of sp³-hybridized carbons (Fsp3) is 0.400. The van der Waals surface area contributed by atoms with Gasteiger partial charge in [-0.2, -0.15) is 0 Å². The van der Waals surface area contributed by atoms with Crippen LogP contribution in [-0.2, 0) is 27.2 Å². The molecule has 1 aliphatic carbocycles. The minimum Gasteiger partial charge on any atom is -0.453 e. The second-order valence-electron chi connectivity index (χ2n) is 5.20. The first-order valence-corrected chi connectivity index (χ1v) is 7.75. The van der Waals surface area contributed by atoms with Crippen LogP contribution in [0.2, 0.25) is 0 Å². The van der Waals surface area contributed by atoms with Crippen LogP contribution in [0.3, 0.4) is 0 Å². The molecule has 1 aliphatic rings. The van der Waals surface area contributed by atoms with Gasteiger partial charge >= 0.3 is 5.97 Å². The van der Waals surface area contributed by atoms with Gasteiger partial charge in [-0.1, -0.05) is 11.3 Å². The first-order valence-electron chi connectivity index (χ1n) is 6.93. The van der Waals surface area contributed by atoms with Crippen molar-refractivity contribution in [3.63, 3.8) is 0 Å². The number of benzene rings is 1. The van der Waals surface area contributed by atoms with Crippen LogP contribution in [-0.4, -0.2) is 23.0 Å². The Balaban J connectivity index is 1.79. The topological polar surface area (TPSA) is 68.3 Å². The van der Waals surface area contributed by atoms with Crippen molar-refractivity contribution in [3.8, 4) is 0 Å². The van der Waals surface area contributed by atoms with Crippen molar-refractivity contribution in [2.24, 2.45) is 0 Å². The Kier molecular flexibility index (Phi) is 3.63. The SMILES string of the molecule is CC(=O)O[C@H](C)C(=O)Nc1nc2cc3c(cc2s1)CCC3. The smallest absolute Gasteiger partial charge is 0.303 e. The number of esters is 1. The number of aryl methyl sites for hydroxylation is 2. The van der Waals surface area contributed by atoms with E-state index in [2.05, 4.69) is 22.4 Å². The Hall–Kier alpha value is -1.95. The molecule has 0 saturated heterocycles. The molecule has 1 aromatic heterocycles. The van der Waals surface area contributed by atoms with E-state index in [-0.39, 0.29) is 5.91 Å². The van der Waals surface area contributed by atoms with Gasteiger partial charge in [0.25, 0.3) is 5.91 Å². The molecule has 1 aromatic carbocycles. The third-order valence-electron chi connectivity index (χ3n) is 3.54. The maximum absolute atomic E-state index is 11.9. The highest BCUT2D eigenvalue weighted by Crippen LogP contribution is 2.32. The van der Waals surface area contributed by atoms with Crippen molar-refractivity contribution >= 4 is 38.6 Å². The van der Waals surface area contributed by atoms with Crippen LogP contribution in [0.1, 0.15) is 31.4 Å². The van der Waals surface area contributed by atoms with Crippen LogP contribution in [0, 0.1) is 0 Å². The fourth-order valence-corrected chi connectivity index (χ4v) is 3.47. The molecule has 0 saturated carbocycles. The number of carbonyl (C=O) groups is 2. The molecule has 1 amide bonds. The number of hydrogen-bond donors (Lipinski definition) is 1. The number of carbonyl (C=O) groups excluding carboxylic acids is 2. The van der Waals surface area contributed by atoms with Gasteiger partial charge in [0.2, 0.25) is 0 Å². The van der Waals surface area contributed by atoms with E-state index in [0.717, 1.165) is 23.1 Å². The van der Waals surface area contributed by atoms with Gasteiger partial charge in [0.15, 0.2) is 11.2 Å². The molecule has 2 aromatic rings. The summed E-state index contributed by atoms with van der Waals surface area (Å²) in [6, 6.07) is 4.28. The Morgan fingerprint density at radius 1 is 1.33 bits per heavy atom. The highest BCUT2D eigenvalue weighted by atomic mass is 32.1. The van der Waals surface area contributed by atoms with E-state index in [1.807, 2.05) is 0 Å². The number of fused-ring (bicyclic) bond motifs is 2. The van der Waals surface area contributed by atoms with Crippen molar-refractivity contribution in [1.29, 1.82) is 0 Å². The van der Waals surface area contributed by atoms with Gasteiger partial charge in [-0.05, 0) is 49.4 Å². The van der Waals surface area contributed by atoms with E-state index < -0.39 is 12.1 Å². The van der Waals surface area contributed by atoms with Crippen molar-refractivity contribution in [1.82, 2.24) is 4.98 Å². The van der Waals surface area contributed by atoms with Gasteiger partial charge in [-0.3, -0.25) is 14.9 Å². The van der Waals surface area contributed by atoms with Gasteiger partial charge in [-0.25, -0.2) is 4.98 Å². The number of rotatable bonds is 3. The van der Waals surface area contributed by atoms with E-state index >= 15 is 0 Å². The van der Waals surface area contributed by atoms with Crippen molar-refractivity contribution in [2.75, 3.05) is 5.32 Å². The lowest BCUT2D eigenvalue weighted by atomic mass is 10.1.